The Hall–Kier alpha value is -0.630. The highest BCUT2D eigenvalue weighted by atomic mass is 79.9. The first kappa shape index (κ1) is 11.4. The topological polar surface area (TPSA) is 17.1 Å². The lowest BCUT2D eigenvalue weighted by Gasteiger charge is -2.02. The number of aryl methyl sites for hydroxylation is 1. The van der Waals surface area contributed by atoms with E-state index in [4.69, 9.17) is 0 Å². The average Bonchev–Trinajstić information content (AvgIpc) is 2.25. The molecule has 0 spiro atoms. The van der Waals surface area contributed by atoms with Gasteiger partial charge in [-0.1, -0.05) is 47.5 Å². The molecule has 0 radical (unpaired) electrons. The Kier molecular flexibility index (Phi) is 4.88. The summed E-state index contributed by atoms with van der Waals surface area (Å²) < 4.78 is 0. The summed E-state index contributed by atoms with van der Waals surface area (Å²) in [6.45, 7) is 2.17. The molecule has 0 atom stereocenters. The summed E-state index contributed by atoms with van der Waals surface area (Å²) in [6.07, 6.45) is 3.45. The maximum atomic E-state index is 11.4. The highest BCUT2D eigenvalue weighted by Crippen LogP contribution is 2.10. The van der Waals surface area contributed by atoms with Crippen molar-refractivity contribution in [3.63, 3.8) is 0 Å². The first-order valence-corrected chi connectivity index (χ1v) is 6.08. The Bertz CT molecular complexity index is 307. The lowest BCUT2D eigenvalue weighted by Crippen LogP contribution is -2.00. The Labute approximate surface area is 93.7 Å². The molecule has 0 amide bonds. The zero-order valence-corrected chi connectivity index (χ0v) is 10.0. The van der Waals surface area contributed by atoms with Gasteiger partial charge in [0.1, 0.15) is 0 Å². The van der Waals surface area contributed by atoms with Crippen LogP contribution in [-0.4, -0.2) is 11.1 Å². The summed E-state index contributed by atoms with van der Waals surface area (Å²) >= 11 is 3.18. The fourth-order valence-electron chi connectivity index (χ4n) is 1.36. The second kappa shape index (κ2) is 5.97. The molecule has 0 aliphatic rings. The monoisotopic (exact) mass is 254 g/mol. The highest BCUT2D eigenvalue weighted by Gasteiger charge is 2.03. The van der Waals surface area contributed by atoms with Gasteiger partial charge in [0.05, 0.1) is 5.33 Å². The van der Waals surface area contributed by atoms with Gasteiger partial charge in [0, 0.05) is 5.56 Å². The number of carbonyl (C=O) groups excluding carboxylic acids is 1. The molecule has 0 bridgehead atoms. The van der Waals surface area contributed by atoms with Gasteiger partial charge in [0.15, 0.2) is 5.78 Å². The number of alkyl halides is 1. The van der Waals surface area contributed by atoms with Crippen molar-refractivity contribution in [3.8, 4) is 0 Å². The lowest BCUT2D eigenvalue weighted by atomic mass is 10.0. The van der Waals surface area contributed by atoms with Gasteiger partial charge >= 0.3 is 0 Å². The molecule has 0 aliphatic heterocycles. The van der Waals surface area contributed by atoms with Gasteiger partial charge < -0.3 is 0 Å². The average molecular weight is 255 g/mol. The van der Waals surface area contributed by atoms with E-state index in [1.807, 2.05) is 18.2 Å². The maximum absolute atomic E-state index is 11.4. The second-order valence-corrected chi connectivity index (χ2v) is 3.92. The Balaban J connectivity index is 2.73. The minimum atomic E-state index is 0.156. The van der Waals surface area contributed by atoms with Crippen molar-refractivity contribution in [2.45, 2.75) is 26.2 Å². The largest absolute Gasteiger partial charge is 0.293 e. The van der Waals surface area contributed by atoms with Crippen LogP contribution in [0.1, 0.15) is 35.7 Å². The first-order chi connectivity index (χ1) is 6.77. The van der Waals surface area contributed by atoms with Crippen LogP contribution in [0.5, 0.6) is 0 Å². The molecule has 0 saturated carbocycles. The number of benzene rings is 1. The van der Waals surface area contributed by atoms with E-state index in [2.05, 4.69) is 28.9 Å². The molecule has 0 aromatic heterocycles. The molecule has 14 heavy (non-hydrogen) atoms. The smallest absolute Gasteiger partial charge is 0.173 e. The van der Waals surface area contributed by atoms with Crippen LogP contribution in [0.2, 0.25) is 0 Å². The Morgan fingerprint density at radius 3 is 2.86 bits per heavy atom. The SMILES string of the molecule is CCCCc1cccc(C(=O)CBr)c1. The Morgan fingerprint density at radius 2 is 2.21 bits per heavy atom. The van der Waals surface area contributed by atoms with Gasteiger partial charge in [0.2, 0.25) is 0 Å². The number of rotatable bonds is 5. The van der Waals surface area contributed by atoms with Gasteiger partial charge in [-0.2, -0.15) is 0 Å². The van der Waals surface area contributed by atoms with E-state index in [9.17, 15) is 4.79 Å². The van der Waals surface area contributed by atoms with Gasteiger partial charge in [-0.25, -0.2) is 0 Å². The summed E-state index contributed by atoms with van der Waals surface area (Å²) in [5, 5.41) is 0.407. The van der Waals surface area contributed by atoms with Crippen molar-refractivity contribution in [2.24, 2.45) is 0 Å². The van der Waals surface area contributed by atoms with E-state index in [0.29, 0.717) is 5.33 Å². The summed E-state index contributed by atoms with van der Waals surface area (Å²) in [4.78, 5) is 11.4. The van der Waals surface area contributed by atoms with Crippen LogP contribution in [0.25, 0.3) is 0 Å². The number of hydrogen-bond acceptors (Lipinski definition) is 1. The predicted molar refractivity (Wildman–Crippen MR) is 63.2 cm³/mol. The summed E-state index contributed by atoms with van der Waals surface area (Å²) in [5.74, 6) is 0.156. The molecule has 0 N–H and O–H groups in total. The van der Waals surface area contributed by atoms with Gasteiger partial charge in [0.25, 0.3) is 0 Å². The van der Waals surface area contributed by atoms with Crippen molar-refractivity contribution in [1.29, 1.82) is 0 Å². The molecule has 0 heterocycles. The molecule has 0 unspecified atom stereocenters. The molecule has 1 nitrogen and oxygen atoms in total. The third kappa shape index (κ3) is 3.26. The lowest BCUT2D eigenvalue weighted by molar-refractivity contribution is 0.102. The number of Topliss-reactive ketones (excluding diaryl/α,β-unsaturated/α-hetero) is 1. The van der Waals surface area contributed by atoms with Crippen LogP contribution in [-0.2, 0) is 6.42 Å². The molecule has 1 aromatic carbocycles. The van der Waals surface area contributed by atoms with Gasteiger partial charge in [-0.05, 0) is 24.5 Å². The quantitative estimate of drug-likeness (QED) is 0.580. The minimum Gasteiger partial charge on any atom is -0.293 e. The minimum absolute atomic E-state index is 0.156. The number of ketones is 1. The summed E-state index contributed by atoms with van der Waals surface area (Å²) in [5.41, 5.74) is 2.08. The standard InChI is InChI=1S/C12H15BrO/c1-2-3-5-10-6-4-7-11(8-10)12(14)9-13/h4,6-8H,2-3,5,9H2,1H3. The normalized spacial score (nSPS) is 10.1. The fraction of sp³-hybridized carbons (Fsp3) is 0.417. The van der Waals surface area contributed by atoms with Gasteiger partial charge in [-0.3, -0.25) is 4.79 Å². The molecule has 2 heteroatoms. The number of halogens is 1. The second-order valence-electron chi connectivity index (χ2n) is 3.36. The van der Waals surface area contributed by atoms with Crippen LogP contribution in [0.3, 0.4) is 0 Å². The molecule has 1 aromatic rings. The van der Waals surface area contributed by atoms with E-state index >= 15 is 0 Å². The zero-order valence-electron chi connectivity index (χ0n) is 8.42. The number of unbranched alkanes of at least 4 members (excludes halogenated alkanes) is 1. The van der Waals surface area contributed by atoms with E-state index < -0.39 is 0 Å². The third-order valence-corrected chi connectivity index (χ3v) is 2.70. The van der Waals surface area contributed by atoms with Crippen molar-refractivity contribution >= 4 is 21.7 Å². The number of carbonyl (C=O) groups is 1. The van der Waals surface area contributed by atoms with Crippen molar-refractivity contribution in [3.05, 3.63) is 35.4 Å². The zero-order chi connectivity index (χ0) is 10.4. The van der Waals surface area contributed by atoms with E-state index in [1.165, 1.54) is 18.4 Å². The summed E-state index contributed by atoms with van der Waals surface area (Å²) in [6, 6.07) is 7.92. The van der Waals surface area contributed by atoms with Crippen LogP contribution >= 0.6 is 15.9 Å². The Morgan fingerprint density at radius 1 is 1.43 bits per heavy atom. The molecular formula is C12H15BrO. The first-order valence-electron chi connectivity index (χ1n) is 4.96. The molecule has 76 valence electrons. The highest BCUT2D eigenvalue weighted by molar-refractivity contribution is 9.09. The maximum Gasteiger partial charge on any atom is 0.173 e. The number of hydrogen-bond donors (Lipinski definition) is 0. The molecule has 1 rings (SSSR count). The molecule has 0 aliphatic carbocycles. The van der Waals surface area contributed by atoms with E-state index in [0.717, 1.165) is 12.0 Å². The van der Waals surface area contributed by atoms with Crippen molar-refractivity contribution in [1.82, 2.24) is 0 Å². The molecular weight excluding hydrogens is 240 g/mol. The van der Waals surface area contributed by atoms with Crippen LogP contribution < -0.4 is 0 Å². The molecule has 0 fully saturated rings. The van der Waals surface area contributed by atoms with E-state index in [-0.39, 0.29) is 5.78 Å². The van der Waals surface area contributed by atoms with Gasteiger partial charge in [-0.15, -0.1) is 0 Å². The van der Waals surface area contributed by atoms with E-state index in [1.54, 1.807) is 0 Å². The van der Waals surface area contributed by atoms with Crippen LogP contribution in [0, 0.1) is 0 Å². The van der Waals surface area contributed by atoms with Crippen molar-refractivity contribution in [2.75, 3.05) is 5.33 Å². The summed E-state index contributed by atoms with van der Waals surface area (Å²) in [7, 11) is 0. The molecule has 0 saturated heterocycles. The van der Waals surface area contributed by atoms with Crippen molar-refractivity contribution < 1.29 is 4.79 Å². The fourth-order valence-corrected chi connectivity index (χ4v) is 1.68. The third-order valence-electron chi connectivity index (χ3n) is 2.19. The van der Waals surface area contributed by atoms with Crippen LogP contribution in [0.15, 0.2) is 24.3 Å². The predicted octanol–water partition coefficient (Wildman–Crippen LogP) is 3.61. The van der Waals surface area contributed by atoms with Crippen LogP contribution in [0.4, 0.5) is 0 Å².